The second kappa shape index (κ2) is 5.46. The quantitative estimate of drug-likeness (QED) is 0.912. The fraction of sp³-hybridized carbons (Fsp3) is 0.0769. The molecule has 4 nitrogen and oxygen atoms in total. The molecule has 7 heteroatoms. The van der Waals surface area contributed by atoms with E-state index in [2.05, 4.69) is 10.0 Å². The normalized spacial score (nSPS) is 11.2. The lowest BCUT2D eigenvalue weighted by atomic mass is 10.3. The lowest BCUT2D eigenvalue weighted by molar-refractivity contribution is 0.521. The first kappa shape index (κ1) is 14.3. The molecule has 0 saturated carbocycles. The third-order valence-corrected chi connectivity index (χ3v) is 4.05. The van der Waals surface area contributed by atoms with Gasteiger partial charge in [0.05, 0.1) is 0 Å². The van der Waals surface area contributed by atoms with Crippen LogP contribution in [0.1, 0.15) is 0 Å². The molecular formula is C13H12F2N2O2S. The Morgan fingerprint density at radius 2 is 1.40 bits per heavy atom. The molecule has 2 N–H and O–H groups in total. The van der Waals surface area contributed by atoms with Crippen LogP contribution in [0.15, 0.2) is 47.4 Å². The van der Waals surface area contributed by atoms with E-state index in [9.17, 15) is 17.2 Å². The van der Waals surface area contributed by atoms with E-state index in [0.29, 0.717) is 0 Å². The Balaban J connectivity index is 2.35. The summed E-state index contributed by atoms with van der Waals surface area (Å²) in [7, 11) is -2.60. The SMILES string of the molecule is CNc1ccc(NS(=O)(=O)c2c(F)cccc2F)cc1. The molecule has 106 valence electrons. The van der Waals surface area contributed by atoms with Crippen molar-refractivity contribution in [3.8, 4) is 0 Å². The maximum Gasteiger partial charge on any atom is 0.267 e. The van der Waals surface area contributed by atoms with Gasteiger partial charge < -0.3 is 5.32 Å². The number of benzene rings is 2. The Morgan fingerprint density at radius 1 is 0.900 bits per heavy atom. The fourth-order valence-electron chi connectivity index (χ4n) is 1.65. The summed E-state index contributed by atoms with van der Waals surface area (Å²) in [6, 6.07) is 9.13. The largest absolute Gasteiger partial charge is 0.388 e. The van der Waals surface area contributed by atoms with Crippen molar-refractivity contribution in [2.45, 2.75) is 4.90 Å². The van der Waals surface area contributed by atoms with Crippen molar-refractivity contribution >= 4 is 21.4 Å². The van der Waals surface area contributed by atoms with Crippen LogP contribution in [0.2, 0.25) is 0 Å². The predicted octanol–water partition coefficient (Wildman–Crippen LogP) is 2.81. The van der Waals surface area contributed by atoms with Crippen LogP contribution in [0.4, 0.5) is 20.2 Å². The van der Waals surface area contributed by atoms with Gasteiger partial charge in [-0.25, -0.2) is 17.2 Å². The van der Waals surface area contributed by atoms with E-state index >= 15 is 0 Å². The van der Waals surface area contributed by atoms with Crippen LogP contribution in [-0.4, -0.2) is 15.5 Å². The Bertz CT molecular complexity index is 695. The van der Waals surface area contributed by atoms with Crippen molar-refractivity contribution < 1.29 is 17.2 Å². The van der Waals surface area contributed by atoms with Gasteiger partial charge in [0.15, 0.2) is 4.90 Å². The average molecular weight is 298 g/mol. The summed E-state index contributed by atoms with van der Waals surface area (Å²) in [6.07, 6.45) is 0. The van der Waals surface area contributed by atoms with Crippen LogP contribution >= 0.6 is 0 Å². The Kier molecular flexibility index (Phi) is 3.89. The smallest absolute Gasteiger partial charge is 0.267 e. The first-order chi connectivity index (χ1) is 9.44. The van der Waals surface area contributed by atoms with Crippen molar-refractivity contribution in [3.63, 3.8) is 0 Å². The zero-order valence-corrected chi connectivity index (χ0v) is 11.3. The minimum absolute atomic E-state index is 0.214. The summed E-state index contributed by atoms with van der Waals surface area (Å²) in [5.74, 6) is -2.27. The molecule has 0 aliphatic carbocycles. The summed E-state index contributed by atoms with van der Waals surface area (Å²) >= 11 is 0. The van der Waals surface area contributed by atoms with Gasteiger partial charge in [0.25, 0.3) is 10.0 Å². The first-order valence-corrected chi connectivity index (χ1v) is 7.17. The summed E-state index contributed by atoms with van der Waals surface area (Å²) in [5.41, 5.74) is 0.997. The molecule has 0 bridgehead atoms. The average Bonchev–Trinajstić information content (AvgIpc) is 2.38. The van der Waals surface area contributed by atoms with E-state index in [1.54, 1.807) is 19.2 Å². The van der Waals surface area contributed by atoms with Gasteiger partial charge in [-0.1, -0.05) is 6.07 Å². The standard InChI is InChI=1S/C13H12F2N2O2S/c1-16-9-5-7-10(8-6-9)17-20(18,19)13-11(14)3-2-4-12(13)15/h2-8,16-17H,1H3. The molecule has 2 aromatic carbocycles. The summed E-state index contributed by atoms with van der Waals surface area (Å²) in [5, 5.41) is 2.87. The van der Waals surface area contributed by atoms with Gasteiger partial charge in [0.1, 0.15) is 11.6 Å². The number of nitrogens with one attached hydrogen (secondary N) is 2. The van der Waals surface area contributed by atoms with E-state index in [1.807, 2.05) is 0 Å². The second-order valence-electron chi connectivity index (χ2n) is 3.98. The molecule has 2 aromatic rings. The summed E-state index contributed by atoms with van der Waals surface area (Å²) < 4.78 is 53.1. The molecule has 0 radical (unpaired) electrons. The summed E-state index contributed by atoms with van der Waals surface area (Å²) in [6.45, 7) is 0. The highest BCUT2D eigenvalue weighted by atomic mass is 32.2. The van der Waals surface area contributed by atoms with Crippen LogP contribution in [0.3, 0.4) is 0 Å². The highest BCUT2D eigenvalue weighted by Crippen LogP contribution is 2.22. The molecule has 0 saturated heterocycles. The van der Waals surface area contributed by atoms with Crippen LogP contribution in [0.25, 0.3) is 0 Å². The van der Waals surface area contributed by atoms with Gasteiger partial charge in [0, 0.05) is 18.4 Å². The molecule has 20 heavy (non-hydrogen) atoms. The van der Waals surface area contributed by atoms with Crippen molar-refractivity contribution in [1.29, 1.82) is 0 Å². The fourth-order valence-corrected chi connectivity index (χ4v) is 2.85. The minimum Gasteiger partial charge on any atom is -0.388 e. The van der Waals surface area contributed by atoms with Crippen molar-refractivity contribution in [3.05, 3.63) is 54.1 Å². The number of hydrogen-bond acceptors (Lipinski definition) is 3. The Labute approximate surface area is 115 Å². The molecule has 0 aliphatic rings. The third kappa shape index (κ3) is 2.88. The molecule has 0 heterocycles. The monoisotopic (exact) mass is 298 g/mol. The lowest BCUT2D eigenvalue weighted by Gasteiger charge is -2.10. The molecule has 0 atom stereocenters. The number of hydrogen-bond donors (Lipinski definition) is 2. The van der Waals surface area contributed by atoms with Crippen LogP contribution < -0.4 is 10.0 Å². The Hall–Kier alpha value is -2.15. The maximum atomic E-state index is 13.5. The van der Waals surface area contributed by atoms with Gasteiger partial charge in [-0.05, 0) is 36.4 Å². The van der Waals surface area contributed by atoms with Crippen molar-refractivity contribution in [2.24, 2.45) is 0 Å². The molecule has 2 rings (SSSR count). The highest BCUT2D eigenvalue weighted by Gasteiger charge is 2.23. The van der Waals surface area contributed by atoms with Crippen molar-refractivity contribution in [1.82, 2.24) is 0 Å². The van der Waals surface area contributed by atoms with Crippen LogP contribution in [-0.2, 0) is 10.0 Å². The van der Waals surface area contributed by atoms with E-state index in [0.717, 1.165) is 23.9 Å². The van der Waals surface area contributed by atoms with Gasteiger partial charge in [0.2, 0.25) is 0 Å². The van der Waals surface area contributed by atoms with Crippen LogP contribution in [0, 0.1) is 11.6 Å². The third-order valence-electron chi connectivity index (χ3n) is 2.61. The second-order valence-corrected chi connectivity index (χ2v) is 5.60. The van der Waals surface area contributed by atoms with Gasteiger partial charge in [-0.15, -0.1) is 0 Å². The predicted molar refractivity (Wildman–Crippen MR) is 73.2 cm³/mol. The van der Waals surface area contributed by atoms with Crippen molar-refractivity contribution in [2.75, 3.05) is 17.1 Å². The minimum atomic E-state index is -4.31. The molecule has 0 fully saturated rings. The number of halogens is 2. The zero-order valence-electron chi connectivity index (χ0n) is 10.5. The van der Waals surface area contributed by atoms with E-state index in [-0.39, 0.29) is 5.69 Å². The number of sulfonamides is 1. The first-order valence-electron chi connectivity index (χ1n) is 5.68. The van der Waals surface area contributed by atoms with E-state index in [1.165, 1.54) is 12.1 Å². The van der Waals surface area contributed by atoms with Gasteiger partial charge >= 0.3 is 0 Å². The molecule has 0 aromatic heterocycles. The number of rotatable bonds is 4. The molecule has 0 aliphatic heterocycles. The Morgan fingerprint density at radius 3 is 1.90 bits per heavy atom. The molecule has 0 spiro atoms. The van der Waals surface area contributed by atoms with E-state index < -0.39 is 26.6 Å². The highest BCUT2D eigenvalue weighted by molar-refractivity contribution is 7.92. The van der Waals surface area contributed by atoms with Gasteiger partial charge in [-0.2, -0.15) is 0 Å². The molecular weight excluding hydrogens is 286 g/mol. The lowest BCUT2D eigenvalue weighted by Crippen LogP contribution is -2.16. The topological polar surface area (TPSA) is 58.2 Å². The van der Waals surface area contributed by atoms with Gasteiger partial charge in [-0.3, -0.25) is 4.72 Å². The number of anilines is 2. The van der Waals surface area contributed by atoms with Crippen LogP contribution in [0.5, 0.6) is 0 Å². The summed E-state index contributed by atoms with van der Waals surface area (Å²) in [4.78, 5) is -0.988. The maximum absolute atomic E-state index is 13.5. The van der Waals surface area contributed by atoms with E-state index in [4.69, 9.17) is 0 Å². The molecule has 0 amide bonds. The zero-order chi connectivity index (χ0) is 14.8. The molecule has 0 unspecified atom stereocenters.